The SMILES string of the molecule is COc1ccc(/C=C2\Oc3c(ccc(OC(=O)c4cccc(C)c4)c3C)C2=O)c(OC)c1. The van der Waals surface area contributed by atoms with E-state index in [1.165, 1.54) is 0 Å². The van der Waals surface area contributed by atoms with Gasteiger partial charge in [-0.25, -0.2) is 4.79 Å². The van der Waals surface area contributed by atoms with E-state index in [-0.39, 0.29) is 11.5 Å². The molecule has 6 heteroatoms. The zero-order valence-corrected chi connectivity index (χ0v) is 18.2. The summed E-state index contributed by atoms with van der Waals surface area (Å²) in [5.41, 5.74) is 3.07. The molecule has 0 aromatic heterocycles. The molecule has 162 valence electrons. The molecule has 1 heterocycles. The topological polar surface area (TPSA) is 71.1 Å². The second-order valence-electron chi connectivity index (χ2n) is 7.37. The summed E-state index contributed by atoms with van der Waals surface area (Å²) < 4.78 is 22.1. The molecular weight excluding hydrogens is 408 g/mol. The van der Waals surface area contributed by atoms with Crippen LogP contribution in [0.2, 0.25) is 0 Å². The summed E-state index contributed by atoms with van der Waals surface area (Å²) in [5, 5.41) is 0. The molecule has 0 bridgehead atoms. The number of carbonyl (C=O) groups excluding carboxylic acids is 2. The number of fused-ring (bicyclic) bond motifs is 1. The van der Waals surface area contributed by atoms with Crippen LogP contribution in [0.3, 0.4) is 0 Å². The Labute approximate surface area is 186 Å². The van der Waals surface area contributed by atoms with E-state index in [1.54, 1.807) is 75.8 Å². The van der Waals surface area contributed by atoms with E-state index in [0.29, 0.717) is 45.3 Å². The molecule has 0 saturated carbocycles. The Kier molecular flexibility index (Phi) is 5.69. The Morgan fingerprint density at radius 2 is 1.75 bits per heavy atom. The Morgan fingerprint density at radius 3 is 2.47 bits per heavy atom. The summed E-state index contributed by atoms with van der Waals surface area (Å²) >= 11 is 0. The lowest BCUT2D eigenvalue weighted by molar-refractivity contribution is 0.0733. The van der Waals surface area contributed by atoms with Gasteiger partial charge in [-0.15, -0.1) is 0 Å². The van der Waals surface area contributed by atoms with Crippen molar-refractivity contribution < 1.29 is 28.5 Å². The molecule has 6 nitrogen and oxygen atoms in total. The van der Waals surface area contributed by atoms with Gasteiger partial charge in [-0.3, -0.25) is 4.79 Å². The van der Waals surface area contributed by atoms with Crippen LogP contribution in [-0.4, -0.2) is 26.0 Å². The van der Waals surface area contributed by atoms with Crippen molar-refractivity contribution >= 4 is 17.8 Å². The molecule has 0 fully saturated rings. The van der Waals surface area contributed by atoms with Gasteiger partial charge in [-0.1, -0.05) is 17.7 Å². The van der Waals surface area contributed by atoms with Crippen molar-refractivity contribution in [3.63, 3.8) is 0 Å². The number of esters is 1. The van der Waals surface area contributed by atoms with Gasteiger partial charge in [0.15, 0.2) is 5.76 Å². The molecular formula is C26H22O6. The van der Waals surface area contributed by atoms with Crippen molar-refractivity contribution in [1.82, 2.24) is 0 Å². The fourth-order valence-corrected chi connectivity index (χ4v) is 3.49. The molecule has 3 aromatic carbocycles. The van der Waals surface area contributed by atoms with Crippen molar-refractivity contribution in [3.05, 3.63) is 88.2 Å². The van der Waals surface area contributed by atoms with Gasteiger partial charge in [-0.2, -0.15) is 0 Å². The molecule has 0 aliphatic carbocycles. The number of Topliss-reactive ketones (excluding diaryl/α,β-unsaturated/α-hetero) is 1. The maximum Gasteiger partial charge on any atom is 0.343 e. The minimum atomic E-state index is -0.472. The molecule has 0 N–H and O–H groups in total. The van der Waals surface area contributed by atoms with Crippen molar-refractivity contribution in [1.29, 1.82) is 0 Å². The standard InChI is InChI=1S/C26H22O6/c1-15-6-5-7-18(12-15)26(28)32-21-11-10-20-24(27)23(31-25(20)16(21)2)13-17-8-9-19(29-3)14-22(17)30-4/h5-14H,1-4H3/b23-13-. The lowest BCUT2D eigenvalue weighted by Gasteiger charge is -2.10. The van der Waals surface area contributed by atoms with Crippen LogP contribution < -0.4 is 18.9 Å². The van der Waals surface area contributed by atoms with Crippen molar-refractivity contribution in [3.8, 4) is 23.0 Å². The third-order valence-corrected chi connectivity index (χ3v) is 5.22. The highest BCUT2D eigenvalue weighted by molar-refractivity contribution is 6.15. The van der Waals surface area contributed by atoms with Crippen LogP contribution >= 0.6 is 0 Å². The summed E-state index contributed by atoms with van der Waals surface area (Å²) in [6.45, 7) is 3.66. The number of aryl methyl sites for hydroxylation is 1. The first-order valence-electron chi connectivity index (χ1n) is 10.00. The molecule has 0 amide bonds. The predicted octanol–water partition coefficient (Wildman–Crippen LogP) is 5.16. The Hall–Kier alpha value is -4.06. The van der Waals surface area contributed by atoms with E-state index in [0.717, 1.165) is 5.56 Å². The van der Waals surface area contributed by atoms with E-state index in [2.05, 4.69) is 0 Å². The van der Waals surface area contributed by atoms with Crippen LogP contribution in [0.4, 0.5) is 0 Å². The van der Waals surface area contributed by atoms with Gasteiger partial charge in [0, 0.05) is 17.2 Å². The van der Waals surface area contributed by atoms with Gasteiger partial charge in [0.05, 0.1) is 25.3 Å². The van der Waals surface area contributed by atoms with Crippen LogP contribution in [0.1, 0.15) is 37.4 Å². The normalized spacial score (nSPS) is 13.5. The average molecular weight is 430 g/mol. The maximum atomic E-state index is 12.9. The van der Waals surface area contributed by atoms with Crippen molar-refractivity contribution in [2.75, 3.05) is 14.2 Å². The number of ether oxygens (including phenoxy) is 4. The van der Waals surface area contributed by atoms with Crippen molar-refractivity contribution in [2.45, 2.75) is 13.8 Å². The Balaban J connectivity index is 1.62. The van der Waals surface area contributed by atoms with Gasteiger partial charge in [-0.05, 0) is 56.3 Å². The van der Waals surface area contributed by atoms with E-state index >= 15 is 0 Å². The minimum absolute atomic E-state index is 0.161. The molecule has 1 aliphatic heterocycles. The van der Waals surface area contributed by atoms with Gasteiger partial charge in [0.1, 0.15) is 23.0 Å². The highest BCUT2D eigenvalue weighted by Crippen LogP contribution is 2.40. The van der Waals surface area contributed by atoms with Gasteiger partial charge in [0.25, 0.3) is 0 Å². The fraction of sp³-hybridized carbons (Fsp3) is 0.154. The van der Waals surface area contributed by atoms with Crippen LogP contribution in [0, 0.1) is 13.8 Å². The van der Waals surface area contributed by atoms with E-state index in [1.807, 2.05) is 13.0 Å². The number of hydrogen-bond donors (Lipinski definition) is 0. The number of allylic oxidation sites excluding steroid dienone is 1. The minimum Gasteiger partial charge on any atom is -0.497 e. The van der Waals surface area contributed by atoms with E-state index < -0.39 is 5.97 Å². The van der Waals surface area contributed by atoms with Crippen LogP contribution in [0.25, 0.3) is 6.08 Å². The number of methoxy groups -OCH3 is 2. The van der Waals surface area contributed by atoms with Crippen LogP contribution in [-0.2, 0) is 0 Å². The predicted molar refractivity (Wildman–Crippen MR) is 120 cm³/mol. The van der Waals surface area contributed by atoms with Crippen LogP contribution in [0.15, 0.2) is 60.4 Å². The first-order chi connectivity index (χ1) is 15.4. The third-order valence-electron chi connectivity index (χ3n) is 5.22. The molecule has 4 rings (SSSR count). The van der Waals surface area contributed by atoms with Crippen molar-refractivity contribution in [2.24, 2.45) is 0 Å². The summed E-state index contributed by atoms with van der Waals surface area (Å²) in [6, 6.07) is 15.7. The molecule has 3 aromatic rings. The Morgan fingerprint density at radius 1 is 0.938 bits per heavy atom. The largest absolute Gasteiger partial charge is 0.497 e. The van der Waals surface area contributed by atoms with E-state index in [4.69, 9.17) is 18.9 Å². The number of ketones is 1. The summed E-state index contributed by atoms with van der Waals surface area (Å²) in [6.07, 6.45) is 1.62. The van der Waals surface area contributed by atoms with Gasteiger partial charge < -0.3 is 18.9 Å². The summed E-state index contributed by atoms with van der Waals surface area (Å²) in [4.78, 5) is 25.4. The summed E-state index contributed by atoms with van der Waals surface area (Å²) in [5.74, 6) is 1.34. The average Bonchev–Trinajstić information content (AvgIpc) is 3.12. The molecule has 0 saturated heterocycles. The molecule has 0 unspecified atom stereocenters. The second kappa shape index (κ2) is 8.59. The maximum absolute atomic E-state index is 12.9. The molecule has 0 atom stereocenters. The quantitative estimate of drug-likeness (QED) is 0.316. The smallest absolute Gasteiger partial charge is 0.343 e. The molecule has 32 heavy (non-hydrogen) atoms. The lowest BCUT2D eigenvalue weighted by atomic mass is 10.1. The zero-order chi connectivity index (χ0) is 22.8. The highest BCUT2D eigenvalue weighted by Gasteiger charge is 2.31. The molecule has 1 aliphatic rings. The fourth-order valence-electron chi connectivity index (χ4n) is 3.49. The molecule has 0 radical (unpaired) electrons. The number of rotatable bonds is 5. The first-order valence-corrected chi connectivity index (χ1v) is 10.00. The van der Waals surface area contributed by atoms with E-state index in [9.17, 15) is 9.59 Å². The number of carbonyl (C=O) groups is 2. The Bertz CT molecular complexity index is 1260. The van der Waals surface area contributed by atoms with Gasteiger partial charge >= 0.3 is 5.97 Å². The highest BCUT2D eigenvalue weighted by atomic mass is 16.5. The second-order valence-corrected chi connectivity index (χ2v) is 7.37. The zero-order valence-electron chi connectivity index (χ0n) is 18.2. The third kappa shape index (κ3) is 3.95. The summed E-state index contributed by atoms with van der Waals surface area (Å²) in [7, 11) is 3.11. The number of benzene rings is 3. The monoisotopic (exact) mass is 430 g/mol. The number of hydrogen-bond acceptors (Lipinski definition) is 6. The van der Waals surface area contributed by atoms with Gasteiger partial charge in [0.2, 0.25) is 5.78 Å². The van der Waals surface area contributed by atoms with Crippen LogP contribution in [0.5, 0.6) is 23.0 Å². The molecule has 0 spiro atoms. The first kappa shape index (κ1) is 21.2. The lowest BCUT2D eigenvalue weighted by Crippen LogP contribution is -2.09.